The molecule has 0 atom stereocenters. The number of rotatable bonds is 6. The van der Waals surface area contributed by atoms with Gasteiger partial charge < -0.3 is 19.5 Å². The van der Waals surface area contributed by atoms with Crippen molar-refractivity contribution in [3.8, 4) is 11.5 Å². The maximum absolute atomic E-state index is 14.3. The zero-order valence-corrected chi connectivity index (χ0v) is 18.6. The molecule has 1 aliphatic heterocycles. The van der Waals surface area contributed by atoms with Crippen LogP contribution < -0.4 is 19.5 Å². The highest BCUT2D eigenvalue weighted by molar-refractivity contribution is 7.92. The van der Waals surface area contributed by atoms with Crippen LogP contribution in [0.1, 0.15) is 20.7 Å². The summed E-state index contributed by atoms with van der Waals surface area (Å²) in [5.41, 5.74) is 0.170. The number of carbonyl (C=O) groups is 2. The number of halogens is 1. The van der Waals surface area contributed by atoms with Crippen molar-refractivity contribution in [2.24, 2.45) is 0 Å². The number of hydrogen-bond donors (Lipinski definition) is 2. The minimum Gasteiger partial charge on any atom is -0.486 e. The number of nitrogens with one attached hydrogen (secondary N) is 2. The fourth-order valence-electron chi connectivity index (χ4n) is 3.24. The number of esters is 1. The van der Waals surface area contributed by atoms with Crippen LogP contribution in [0.15, 0.2) is 65.6 Å². The Morgan fingerprint density at radius 2 is 1.71 bits per heavy atom. The lowest BCUT2D eigenvalue weighted by atomic mass is 10.1. The number of benzene rings is 3. The Labute approximate surface area is 194 Å². The number of carbonyl (C=O) groups excluding carboxylic acids is 2. The van der Waals surface area contributed by atoms with Crippen molar-refractivity contribution in [2.45, 2.75) is 4.90 Å². The van der Waals surface area contributed by atoms with E-state index in [1.165, 1.54) is 18.2 Å². The Hall–Kier alpha value is -4.12. The average molecular weight is 486 g/mol. The number of para-hydroxylation sites is 1. The number of methoxy groups -OCH3 is 1. The summed E-state index contributed by atoms with van der Waals surface area (Å²) in [6.07, 6.45) is 0. The van der Waals surface area contributed by atoms with Crippen molar-refractivity contribution in [2.75, 3.05) is 30.4 Å². The molecule has 1 aliphatic rings. The fraction of sp³-hybridized carbons (Fsp3) is 0.130. The molecule has 11 heteroatoms. The molecule has 3 aromatic carbocycles. The molecular weight excluding hydrogens is 467 g/mol. The van der Waals surface area contributed by atoms with Crippen molar-refractivity contribution >= 4 is 33.3 Å². The van der Waals surface area contributed by atoms with E-state index in [2.05, 4.69) is 14.8 Å². The lowest BCUT2D eigenvalue weighted by Crippen LogP contribution is -2.20. The summed E-state index contributed by atoms with van der Waals surface area (Å²) in [6, 6.07) is 13.5. The van der Waals surface area contributed by atoms with E-state index in [0.717, 1.165) is 25.3 Å². The smallest absolute Gasteiger partial charge is 0.337 e. The minimum atomic E-state index is -4.50. The number of anilines is 2. The third-order valence-electron chi connectivity index (χ3n) is 4.86. The van der Waals surface area contributed by atoms with Crippen molar-refractivity contribution in [3.05, 3.63) is 77.6 Å². The lowest BCUT2D eigenvalue weighted by molar-refractivity contribution is 0.0600. The van der Waals surface area contributed by atoms with Crippen molar-refractivity contribution < 1.29 is 36.6 Å². The molecule has 176 valence electrons. The first kappa shape index (κ1) is 23.1. The highest BCUT2D eigenvalue weighted by atomic mass is 32.2. The highest BCUT2D eigenvalue weighted by Gasteiger charge is 2.24. The summed E-state index contributed by atoms with van der Waals surface area (Å²) in [5, 5.41) is 2.67. The van der Waals surface area contributed by atoms with Gasteiger partial charge in [0.25, 0.3) is 15.9 Å². The number of sulfonamides is 1. The van der Waals surface area contributed by atoms with Gasteiger partial charge in [-0.25, -0.2) is 17.6 Å². The third-order valence-corrected chi connectivity index (χ3v) is 6.24. The van der Waals surface area contributed by atoms with Gasteiger partial charge in [0, 0.05) is 11.8 Å². The van der Waals surface area contributed by atoms with E-state index >= 15 is 0 Å². The molecule has 0 saturated carbocycles. The standard InChI is InChI=1S/C23H19FN2O7S/c1-31-23(28)14-6-8-17(24)21(12-14)34(29,30)26-18-5-3-2-4-16(18)22(27)25-15-7-9-19-20(13-15)33-11-10-32-19/h2-9,12-13,26H,10-11H2,1H3,(H,25,27). The summed E-state index contributed by atoms with van der Waals surface area (Å²) >= 11 is 0. The molecular formula is C23H19FN2O7S. The van der Waals surface area contributed by atoms with Crippen molar-refractivity contribution in [1.82, 2.24) is 0 Å². The zero-order chi connectivity index (χ0) is 24.3. The number of ether oxygens (including phenoxy) is 3. The summed E-state index contributed by atoms with van der Waals surface area (Å²) < 4.78 is 57.9. The Morgan fingerprint density at radius 1 is 0.971 bits per heavy atom. The minimum absolute atomic E-state index is 0.00880. The first-order valence-electron chi connectivity index (χ1n) is 9.99. The van der Waals surface area contributed by atoms with Crippen LogP contribution in [0.3, 0.4) is 0 Å². The summed E-state index contributed by atoms with van der Waals surface area (Å²) in [4.78, 5) is 23.9. The van der Waals surface area contributed by atoms with Crippen molar-refractivity contribution in [1.29, 1.82) is 0 Å². The molecule has 0 unspecified atom stereocenters. The third kappa shape index (κ3) is 4.79. The van der Waals surface area contributed by atoms with Gasteiger partial charge in [0.2, 0.25) is 0 Å². The van der Waals surface area contributed by atoms with Crippen LogP contribution in [-0.4, -0.2) is 40.6 Å². The van der Waals surface area contributed by atoms with Crippen LogP contribution in [0.5, 0.6) is 11.5 Å². The maximum Gasteiger partial charge on any atom is 0.337 e. The summed E-state index contributed by atoms with van der Waals surface area (Å²) in [7, 11) is -3.38. The van der Waals surface area contributed by atoms with E-state index in [-0.39, 0.29) is 16.8 Å². The average Bonchev–Trinajstić information content (AvgIpc) is 2.83. The molecule has 0 spiro atoms. The predicted octanol–water partition coefficient (Wildman–Crippen LogP) is 3.44. The summed E-state index contributed by atoms with van der Waals surface area (Å²) in [6.45, 7) is 0.804. The molecule has 0 fully saturated rings. The molecule has 0 aromatic heterocycles. The second-order valence-corrected chi connectivity index (χ2v) is 8.75. The second kappa shape index (κ2) is 9.40. The van der Waals surface area contributed by atoms with E-state index in [1.807, 2.05) is 0 Å². The maximum atomic E-state index is 14.3. The Balaban J connectivity index is 1.60. The molecule has 0 saturated heterocycles. The van der Waals surface area contributed by atoms with E-state index in [0.29, 0.717) is 30.4 Å². The van der Waals surface area contributed by atoms with Gasteiger partial charge in [-0.2, -0.15) is 0 Å². The van der Waals surface area contributed by atoms with Gasteiger partial charge in [-0.15, -0.1) is 0 Å². The van der Waals surface area contributed by atoms with Crippen LogP contribution in [0.4, 0.5) is 15.8 Å². The largest absolute Gasteiger partial charge is 0.486 e. The van der Waals surface area contributed by atoms with Crippen LogP contribution in [0.2, 0.25) is 0 Å². The van der Waals surface area contributed by atoms with Crippen LogP contribution >= 0.6 is 0 Å². The quantitative estimate of drug-likeness (QED) is 0.512. The lowest BCUT2D eigenvalue weighted by Gasteiger charge is -2.19. The molecule has 9 nitrogen and oxygen atoms in total. The van der Waals surface area contributed by atoms with E-state index in [9.17, 15) is 22.4 Å². The molecule has 4 rings (SSSR count). The molecule has 34 heavy (non-hydrogen) atoms. The first-order valence-corrected chi connectivity index (χ1v) is 11.5. The molecule has 1 amide bonds. The van der Waals surface area contributed by atoms with Gasteiger partial charge in [-0.1, -0.05) is 12.1 Å². The van der Waals surface area contributed by atoms with E-state index in [1.54, 1.807) is 24.3 Å². The molecule has 0 bridgehead atoms. The normalized spacial score (nSPS) is 12.5. The number of hydrogen-bond acceptors (Lipinski definition) is 7. The van der Waals surface area contributed by atoms with Gasteiger partial charge in [-0.3, -0.25) is 9.52 Å². The molecule has 0 radical (unpaired) electrons. The van der Waals surface area contributed by atoms with E-state index < -0.39 is 32.6 Å². The molecule has 3 aromatic rings. The van der Waals surface area contributed by atoms with Gasteiger partial charge >= 0.3 is 5.97 Å². The van der Waals surface area contributed by atoms with Crippen molar-refractivity contribution in [3.63, 3.8) is 0 Å². The highest BCUT2D eigenvalue weighted by Crippen LogP contribution is 2.33. The van der Waals surface area contributed by atoms with Gasteiger partial charge in [0.1, 0.15) is 23.9 Å². The second-order valence-electron chi connectivity index (χ2n) is 7.10. The molecule has 0 aliphatic carbocycles. The van der Waals surface area contributed by atoms with E-state index in [4.69, 9.17) is 9.47 Å². The summed E-state index contributed by atoms with van der Waals surface area (Å²) in [5.74, 6) is -1.49. The Bertz CT molecular complexity index is 1380. The first-order chi connectivity index (χ1) is 16.3. The fourth-order valence-corrected chi connectivity index (χ4v) is 4.43. The van der Waals surface area contributed by atoms with Gasteiger partial charge in [0.15, 0.2) is 11.5 Å². The Morgan fingerprint density at radius 3 is 2.47 bits per heavy atom. The zero-order valence-electron chi connectivity index (χ0n) is 17.8. The number of amides is 1. The molecule has 1 heterocycles. The molecule has 2 N–H and O–H groups in total. The van der Waals surface area contributed by atoms with Gasteiger partial charge in [-0.05, 0) is 42.5 Å². The monoisotopic (exact) mass is 486 g/mol. The van der Waals surface area contributed by atoms with Crippen LogP contribution in [0.25, 0.3) is 0 Å². The number of fused-ring (bicyclic) bond motifs is 1. The van der Waals surface area contributed by atoms with Gasteiger partial charge in [0.05, 0.1) is 23.9 Å². The SMILES string of the molecule is COC(=O)c1ccc(F)c(S(=O)(=O)Nc2ccccc2C(=O)Nc2ccc3c(c2)OCCO3)c1. The Kier molecular flexibility index (Phi) is 6.37. The predicted molar refractivity (Wildman–Crippen MR) is 120 cm³/mol. The van der Waals surface area contributed by atoms with Crippen LogP contribution in [-0.2, 0) is 14.8 Å². The topological polar surface area (TPSA) is 120 Å². The van der Waals surface area contributed by atoms with Crippen LogP contribution in [0, 0.1) is 5.82 Å².